The second kappa shape index (κ2) is 4.88. The Labute approximate surface area is 115 Å². The lowest BCUT2D eigenvalue weighted by atomic mass is 9.93. The number of rotatable bonds is 3. The Morgan fingerprint density at radius 1 is 1.50 bits per heavy atom. The fourth-order valence-electron chi connectivity index (χ4n) is 2.42. The molecule has 1 aliphatic rings. The van der Waals surface area contributed by atoms with Crippen molar-refractivity contribution in [2.45, 2.75) is 25.6 Å². The number of benzene rings is 1. The van der Waals surface area contributed by atoms with Crippen molar-refractivity contribution in [2.75, 3.05) is 18.0 Å². The van der Waals surface area contributed by atoms with Crippen LogP contribution in [0.5, 0.6) is 0 Å². The summed E-state index contributed by atoms with van der Waals surface area (Å²) in [4.78, 5) is 12.8. The van der Waals surface area contributed by atoms with Crippen LogP contribution >= 0.6 is 15.9 Å². The highest BCUT2D eigenvalue weighted by atomic mass is 79.9. The lowest BCUT2D eigenvalue weighted by Gasteiger charge is -2.23. The maximum Gasteiger partial charge on any atom is 0.269 e. The minimum absolute atomic E-state index is 0.159. The topological polar surface area (TPSA) is 46.4 Å². The summed E-state index contributed by atoms with van der Waals surface area (Å²) >= 11 is 3.42. The van der Waals surface area contributed by atoms with Crippen LogP contribution in [0.4, 0.5) is 11.4 Å². The molecule has 2 rings (SSSR count). The monoisotopic (exact) mass is 312 g/mol. The predicted molar refractivity (Wildman–Crippen MR) is 76.3 cm³/mol. The van der Waals surface area contributed by atoms with E-state index in [0.717, 1.165) is 30.8 Å². The maximum atomic E-state index is 10.8. The van der Waals surface area contributed by atoms with E-state index in [9.17, 15) is 10.1 Å². The van der Waals surface area contributed by atoms with Crippen molar-refractivity contribution in [1.29, 1.82) is 0 Å². The molecule has 0 N–H and O–H groups in total. The maximum absolute atomic E-state index is 10.8. The van der Waals surface area contributed by atoms with Gasteiger partial charge in [-0.1, -0.05) is 29.8 Å². The second-order valence-corrected chi connectivity index (χ2v) is 6.10. The molecule has 1 aromatic rings. The zero-order valence-corrected chi connectivity index (χ0v) is 12.2. The number of halogens is 1. The van der Waals surface area contributed by atoms with Gasteiger partial charge >= 0.3 is 0 Å². The fraction of sp³-hybridized carbons (Fsp3) is 0.538. The smallest absolute Gasteiger partial charge is 0.269 e. The number of hydrogen-bond acceptors (Lipinski definition) is 3. The molecule has 0 saturated carbocycles. The first-order valence-electron chi connectivity index (χ1n) is 6.01. The van der Waals surface area contributed by atoms with E-state index in [1.165, 1.54) is 0 Å². The molecular weight excluding hydrogens is 296 g/mol. The molecule has 0 spiro atoms. The van der Waals surface area contributed by atoms with Gasteiger partial charge in [0.05, 0.1) is 4.92 Å². The van der Waals surface area contributed by atoms with Crippen molar-refractivity contribution >= 4 is 27.3 Å². The first-order valence-corrected chi connectivity index (χ1v) is 7.13. The molecule has 1 heterocycles. The Morgan fingerprint density at radius 2 is 2.22 bits per heavy atom. The van der Waals surface area contributed by atoms with E-state index < -0.39 is 0 Å². The zero-order valence-electron chi connectivity index (χ0n) is 10.6. The van der Waals surface area contributed by atoms with Gasteiger partial charge in [-0.3, -0.25) is 10.1 Å². The van der Waals surface area contributed by atoms with Crippen LogP contribution in [0.15, 0.2) is 18.2 Å². The van der Waals surface area contributed by atoms with Crippen LogP contribution in [0.2, 0.25) is 0 Å². The van der Waals surface area contributed by atoms with E-state index in [4.69, 9.17) is 0 Å². The van der Waals surface area contributed by atoms with Crippen molar-refractivity contribution in [3.8, 4) is 0 Å². The van der Waals surface area contributed by atoms with Crippen LogP contribution in [0.25, 0.3) is 0 Å². The molecule has 4 nitrogen and oxygen atoms in total. The molecule has 0 unspecified atom stereocenters. The van der Waals surface area contributed by atoms with E-state index in [-0.39, 0.29) is 10.6 Å². The standard InChI is InChI=1S/C13H17BrN2O2/c1-13(2)5-6-15(9-13)12-4-3-11(16(17)18)7-10(12)8-14/h3-4,7H,5-6,8-9H2,1-2H3. The van der Waals surface area contributed by atoms with Gasteiger partial charge in [0.25, 0.3) is 5.69 Å². The Kier molecular flexibility index (Phi) is 3.61. The van der Waals surface area contributed by atoms with E-state index in [0.29, 0.717) is 10.7 Å². The predicted octanol–water partition coefficient (Wildman–Crippen LogP) is 3.73. The normalized spacial score (nSPS) is 18.1. The van der Waals surface area contributed by atoms with Crippen molar-refractivity contribution in [3.05, 3.63) is 33.9 Å². The Balaban J connectivity index is 2.31. The molecule has 0 aromatic heterocycles. The number of non-ortho nitro benzene ring substituents is 1. The highest BCUT2D eigenvalue weighted by Gasteiger charge is 2.30. The van der Waals surface area contributed by atoms with Crippen LogP contribution < -0.4 is 4.90 Å². The van der Waals surface area contributed by atoms with Crippen LogP contribution in [0.1, 0.15) is 25.8 Å². The average Bonchev–Trinajstić information content (AvgIpc) is 2.68. The summed E-state index contributed by atoms with van der Waals surface area (Å²) < 4.78 is 0. The van der Waals surface area contributed by atoms with Gasteiger partial charge in [-0.25, -0.2) is 0 Å². The molecule has 18 heavy (non-hydrogen) atoms. The summed E-state index contributed by atoms with van der Waals surface area (Å²) in [5, 5.41) is 11.4. The molecule has 0 amide bonds. The number of hydrogen-bond donors (Lipinski definition) is 0. The fourth-order valence-corrected chi connectivity index (χ4v) is 2.87. The van der Waals surface area contributed by atoms with Gasteiger partial charge < -0.3 is 4.90 Å². The number of nitro groups is 1. The Hall–Kier alpha value is -1.10. The number of nitro benzene ring substituents is 1. The minimum atomic E-state index is -0.343. The van der Waals surface area contributed by atoms with Gasteiger partial charge in [0.15, 0.2) is 0 Å². The lowest BCUT2D eigenvalue weighted by Crippen LogP contribution is -2.23. The van der Waals surface area contributed by atoms with Gasteiger partial charge in [-0.05, 0) is 23.5 Å². The molecule has 1 fully saturated rings. The van der Waals surface area contributed by atoms with Gasteiger partial charge in [0.2, 0.25) is 0 Å². The van der Waals surface area contributed by atoms with Crippen LogP contribution in [-0.2, 0) is 5.33 Å². The van der Waals surface area contributed by atoms with Gasteiger partial charge in [-0.15, -0.1) is 0 Å². The third kappa shape index (κ3) is 2.66. The van der Waals surface area contributed by atoms with Crippen molar-refractivity contribution < 1.29 is 4.92 Å². The summed E-state index contributed by atoms with van der Waals surface area (Å²) in [6.45, 7) is 6.54. The van der Waals surface area contributed by atoms with E-state index >= 15 is 0 Å². The molecule has 0 aliphatic carbocycles. The zero-order chi connectivity index (χ0) is 13.3. The summed E-state index contributed by atoms with van der Waals surface area (Å²) in [5.41, 5.74) is 2.59. The van der Waals surface area contributed by atoms with Crippen LogP contribution in [-0.4, -0.2) is 18.0 Å². The third-order valence-corrected chi connectivity index (χ3v) is 4.04. The van der Waals surface area contributed by atoms with Crippen LogP contribution in [0.3, 0.4) is 0 Å². The summed E-state index contributed by atoms with van der Waals surface area (Å²) in [6.07, 6.45) is 1.16. The summed E-state index contributed by atoms with van der Waals surface area (Å²) in [7, 11) is 0. The largest absolute Gasteiger partial charge is 0.371 e. The van der Waals surface area contributed by atoms with E-state index in [1.807, 2.05) is 6.07 Å². The van der Waals surface area contributed by atoms with Crippen molar-refractivity contribution in [2.24, 2.45) is 5.41 Å². The highest BCUT2D eigenvalue weighted by molar-refractivity contribution is 9.08. The first kappa shape index (κ1) is 13.3. The minimum Gasteiger partial charge on any atom is -0.371 e. The van der Waals surface area contributed by atoms with Crippen molar-refractivity contribution in [1.82, 2.24) is 0 Å². The van der Waals surface area contributed by atoms with Crippen LogP contribution in [0, 0.1) is 15.5 Å². The molecule has 1 aromatic carbocycles. The van der Waals surface area contributed by atoms with Gasteiger partial charge in [0.1, 0.15) is 0 Å². The molecule has 0 radical (unpaired) electrons. The lowest BCUT2D eigenvalue weighted by molar-refractivity contribution is -0.384. The number of alkyl halides is 1. The van der Waals surface area contributed by atoms with E-state index in [1.54, 1.807) is 12.1 Å². The molecule has 1 aliphatic heterocycles. The summed E-state index contributed by atoms with van der Waals surface area (Å²) in [6, 6.07) is 5.12. The molecule has 0 atom stereocenters. The SMILES string of the molecule is CC1(C)CCN(c2ccc([N+](=O)[O-])cc2CBr)C1. The van der Waals surface area contributed by atoms with E-state index in [2.05, 4.69) is 34.7 Å². The Morgan fingerprint density at radius 3 is 2.72 bits per heavy atom. The molecule has 98 valence electrons. The number of nitrogens with zero attached hydrogens (tertiary/aromatic N) is 2. The second-order valence-electron chi connectivity index (χ2n) is 5.54. The summed E-state index contributed by atoms with van der Waals surface area (Å²) in [5.74, 6) is 0. The highest BCUT2D eigenvalue weighted by Crippen LogP contribution is 2.35. The van der Waals surface area contributed by atoms with Gasteiger partial charge in [0, 0.05) is 36.2 Å². The quantitative estimate of drug-likeness (QED) is 0.485. The molecular formula is C13H17BrN2O2. The first-order chi connectivity index (χ1) is 8.43. The molecule has 0 bridgehead atoms. The Bertz CT molecular complexity index is 474. The number of anilines is 1. The third-order valence-electron chi connectivity index (χ3n) is 3.44. The van der Waals surface area contributed by atoms with Gasteiger partial charge in [-0.2, -0.15) is 0 Å². The van der Waals surface area contributed by atoms with Crippen molar-refractivity contribution in [3.63, 3.8) is 0 Å². The molecule has 5 heteroatoms. The molecule has 1 saturated heterocycles. The average molecular weight is 313 g/mol.